The van der Waals surface area contributed by atoms with E-state index in [1.165, 1.54) is 0 Å². The van der Waals surface area contributed by atoms with Crippen molar-refractivity contribution in [2.24, 2.45) is 0 Å². The monoisotopic (exact) mass is 364 g/mol. The van der Waals surface area contributed by atoms with Gasteiger partial charge in [0.2, 0.25) is 0 Å². The highest BCUT2D eigenvalue weighted by atomic mass is 16.1. The average molecular weight is 364 g/mol. The maximum Gasteiger partial charge on any atom is 0.261 e. The van der Waals surface area contributed by atoms with Gasteiger partial charge < -0.3 is 9.80 Å². The van der Waals surface area contributed by atoms with Crippen molar-refractivity contribution in [1.82, 2.24) is 19.5 Å². The third kappa shape index (κ3) is 3.25. The van der Waals surface area contributed by atoms with E-state index in [-0.39, 0.29) is 11.6 Å². The highest BCUT2D eigenvalue weighted by Gasteiger charge is 2.20. The van der Waals surface area contributed by atoms with Crippen LogP contribution < -0.4 is 15.4 Å². The molecule has 0 amide bonds. The van der Waals surface area contributed by atoms with Crippen LogP contribution in [0.3, 0.4) is 0 Å². The second kappa shape index (κ2) is 6.98. The molecule has 0 N–H and O–H groups in total. The summed E-state index contributed by atoms with van der Waals surface area (Å²) in [5.74, 6) is 0.964. The average Bonchev–Trinajstić information content (AvgIpc) is 2.68. The van der Waals surface area contributed by atoms with Crippen LogP contribution in [0.1, 0.15) is 25.6 Å². The van der Waals surface area contributed by atoms with Crippen molar-refractivity contribution in [3.05, 3.63) is 53.0 Å². The molecule has 3 heterocycles. The number of hydrogen-bond donors (Lipinski definition) is 0. The van der Waals surface area contributed by atoms with Gasteiger partial charge in [0.05, 0.1) is 22.9 Å². The molecular weight excluding hydrogens is 340 g/mol. The molecule has 1 saturated heterocycles. The lowest BCUT2D eigenvalue weighted by Gasteiger charge is -2.37. The van der Waals surface area contributed by atoms with Crippen LogP contribution in [-0.2, 0) is 0 Å². The van der Waals surface area contributed by atoms with Crippen molar-refractivity contribution < 1.29 is 0 Å². The summed E-state index contributed by atoms with van der Waals surface area (Å²) in [6, 6.07) is 6.05. The zero-order chi connectivity index (χ0) is 19.0. The van der Waals surface area contributed by atoms with Crippen LogP contribution >= 0.6 is 0 Å². The molecule has 0 radical (unpaired) electrons. The minimum absolute atomic E-state index is 0.0181. The zero-order valence-electron chi connectivity index (χ0n) is 16.0. The lowest BCUT2D eigenvalue weighted by atomic mass is 10.2. The summed E-state index contributed by atoms with van der Waals surface area (Å²) in [5, 5.41) is 0.670. The van der Waals surface area contributed by atoms with E-state index in [4.69, 9.17) is 0 Å². The molecule has 1 aliphatic heterocycles. The first-order valence-corrected chi connectivity index (χ1v) is 9.33. The van der Waals surface area contributed by atoms with Gasteiger partial charge in [-0.15, -0.1) is 0 Å². The van der Waals surface area contributed by atoms with Crippen LogP contribution in [0.5, 0.6) is 0 Å². The van der Waals surface area contributed by atoms with Gasteiger partial charge in [0.1, 0.15) is 5.82 Å². The van der Waals surface area contributed by atoms with Gasteiger partial charge in [0, 0.05) is 50.3 Å². The van der Waals surface area contributed by atoms with E-state index in [0.29, 0.717) is 5.39 Å². The molecule has 7 nitrogen and oxygen atoms in total. The van der Waals surface area contributed by atoms with Crippen LogP contribution in [0.15, 0.2) is 41.7 Å². The van der Waals surface area contributed by atoms with Crippen LogP contribution in [-0.4, -0.2) is 45.7 Å². The lowest BCUT2D eigenvalue weighted by Crippen LogP contribution is -2.47. The van der Waals surface area contributed by atoms with Crippen LogP contribution in [0.4, 0.5) is 11.5 Å². The summed E-state index contributed by atoms with van der Waals surface area (Å²) >= 11 is 0. The number of anilines is 2. The molecule has 0 saturated carbocycles. The van der Waals surface area contributed by atoms with Crippen molar-refractivity contribution in [2.75, 3.05) is 36.0 Å². The highest BCUT2D eigenvalue weighted by Crippen LogP contribution is 2.23. The highest BCUT2D eigenvalue weighted by molar-refractivity contribution is 5.81. The van der Waals surface area contributed by atoms with Crippen LogP contribution in [0.2, 0.25) is 0 Å². The van der Waals surface area contributed by atoms with E-state index in [9.17, 15) is 4.79 Å². The van der Waals surface area contributed by atoms with Gasteiger partial charge in [-0.2, -0.15) is 0 Å². The summed E-state index contributed by atoms with van der Waals surface area (Å²) in [6.07, 6.45) is 5.12. The fourth-order valence-corrected chi connectivity index (χ4v) is 3.58. The molecule has 2 aromatic heterocycles. The molecule has 0 atom stereocenters. The summed E-state index contributed by atoms with van der Waals surface area (Å²) in [5.41, 5.74) is 2.83. The molecular formula is C20H24N6O. The van der Waals surface area contributed by atoms with Crippen molar-refractivity contribution in [3.8, 4) is 0 Å². The molecule has 0 aliphatic carbocycles. The Morgan fingerprint density at radius 3 is 2.37 bits per heavy atom. The van der Waals surface area contributed by atoms with E-state index in [1.807, 2.05) is 39.0 Å². The lowest BCUT2D eigenvalue weighted by molar-refractivity contribution is 0.573. The van der Waals surface area contributed by atoms with Gasteiger partial charge in [-0.05, 0) is 39.0 Å². The van der Waals surface area contributed by atoms with Crippen molar-refractivity contribution in [3.63, 3.8) is 0 Å². The van der Waals surface area contributed by atoms with Crippen LogP contribution in [0.25, 0.3) is 10.9 Å². The van der Waals surface area contributed by atoms with E-state index >= 15 is 0 Å². The Bertz CT molecular complexity index is 1020. The van der Waals surface area contributed by atoms with Gasteiger partial charge in [0.15, 0.2) is 0 Å². The molecule has 1 aromatic carbocycles. The predicted octanol–water partition coefficient (Wildman–Crippen LogP) is 2.40. The van der Waals surface area contributed by atoms with Gasteiger partial charge in [-0.25, -0.2) is 9.97 Å². The molecule has 0 unspecified atom stereocenters. The summed E-state index contributed by atoms with van der Waals surface area (Å²) in [6.45, 7) is 9.53. The smallest absolute Gasteiger partial charge is 0.261 e. The third-order valence-electron chi connectivity index (χ3n) is 5.12. The predicted molar refractivity (Wildman–Crippen MR) is 108 cm³/mol. The summed E-state index contributed by atoms with van der Waals surface area (Å²) in [7, 11) is 0. The van der Waals surface area contributed by atoms with Crippen LogP contribution in [0, 0.1) is 6.92 Å². The number of hydrogen-bond acceptors (Lipinski definition) is 6. The van der Waals surface area contributed by atoms with Gasteiger partial charge in [0.25, 0.3) is 5.56 Å². The number of benzene rings is 1. The fourth-order valence-electron chi connectivity index (χ4n) is 3.58. The quantitative estimate of drug-likeness (QED) is 0.711. The number of piperazine rings is 1. The van der Waals surface area contributed by atoms with Crippen molar-refractivity contribution >= 4 is 22.4 Å². The second-order valence-electron chi connectivity index (χ2n) is 7.19. The van der Waals surface area contributed by atoms with E-state index in [1.54, 1.807) is 23.3 Å². The third-order valence-corrected chi connectivity index (χ3v) is 5.12. The minimum Gasteiger partial charge on any atom is -0.368 e. The first-order chi connectivity index (χ1) is 13.0. The fraction of sp³-hybridized carbons (Fsp3) is 0.400. The van der Waals surface area contributed by atoms with E-state index in [0.717, 1.165) is 48.9 Å². The Hall–Kier alpha value is -2.96. The minimum atomic E-state index is 0.0181. The number of nitrogens with zero attached hydrogens (tertiary/aromatic N) is 6. The molecule has 3 aromatic rings. The molecule has 4 rings (SSSR count). The number of rotatable bonds is 3. The molecule has 0 bridgehead atoms. The molecule has 0 spiro atoms. The number of aryl methyl sites for hydroxylation is 1. The first-order valence-electron chi connectivity index (χ1n) is 9.33. The first kappa shape index (κ1) is 17.5. The maximum atomic E-state index is 12.6. The van der Waals surface area contributed by atoms with Gasteiger partial charge in [-0.1, -0.05) is 0 Å². The van der Waals surface area contributed by atoms with Crippen molar-refractivity contribution in [1.29, 1.82) is 0 Å². The molecule has 140 valence electrons. The van der Waals surface area contributed by atoms with Crippen molar-refractivity contribution in [2.45, 2.75) is 26.8 Å². The number of aromatic nitrogens is 4. The van der Waals surface area contributed by atoms with Gasteiger partial charge >= 0.3 is 0 Å². The second-order valence-corrected chi connectivity index (χ2v) is 7.19. The maximum absolute atomic E-state index is 12.6. The Morgan fingerprint density at radius 2 is 1.67 bits per heavy atom. The van der Waals surface area contributed by atoms with E-state index in [2.05, 4.69) is 24.8 Å². The summed E-state index contributed by atoms with van der Waals surface area (Å²) in [4.78, 5) is 30.5. The molecule has 1 fully saturated rings. The molecule has 1 aliphatic rings. The Balaban J connectivity index is 1.55. The molecule has 27 heavy (non-hydrogen) atoms. The van der Waals surface area contributed by atoms with Gasteiger partial charge in [-0.3, -0.25) is 14.3 Å². The normalized spacial score (nSPS) is 15.0. The Labute approximate surface area is 158 Å². The Kier molecular flexibility index (Phi) is 4.51. The Morgan fingerprint density at radius 1 is 0.963 bits per heavy atom. The number of fused-ring (bicyclic) bond motifs is 1. The zero-order valence-corrected chi connectivity index (χ0v) is 16.0. The van der Waals surface area contributed by atoms with E-state index < -0.39 is 0 Å². The standard InChI is InChI=1S/C20H24N6O/c1-14(2)26-13-23-18-12-16(4-5-17(18)20(26)27)24-8-10-25(11-9-24)19-15(3)21-6-7-22-19/h4-7,12-14H,8-11H2,1-3H3. The molecule has 7 heteroatoms. The topological polar surface area (TPSA) is 67.2 Å². The summed E-state index contributed by atoms with van der Waals surface area (Å²) < 4.78 is 1.67. The largest absolute Gasteiger partial charge is 0.368 e. The SMILES string of the molecule is Cc1nccnc1N1CCN(c2ccc3c(=O)n(C(C)C)cnc3c2)CC1.